The minimum Gasteiger partial charge on any atom is -0.383 e. The Hall–Kier alpha value is -4.19. The summed E-state index contributed by atoms with van der Waals surface area (Å²) in [5.41, 5.74) is 13.2. The van der Waals surface area contributed by atoms with Crippen LogP contribution in [-0.2, 0) is 13.2 Å². The molecule has 0 fully saturated rings. The van der Waals surface area contributed by atoms with Crippen LogP contribution in [0.4, 0.5) is 17.5 Å². The molecule has 9 nitrogen and oxygen atoms in total. The topological polar surface area (TPSA) is 103 Å². The van der Waals surface area contributed by atoms with Gasteiger partial charge in [-0.2, -0.15) is 19.7 Å². The number of nitrogens with zero attached hydrogens (tertiary/aromatic N) is 7. The number of hydrogen-bond acceptors (Lipinski definition) is 6. The molecule has 0 amide bonds. The summed E-state index contributed by atoms with van der Waals surface area (Å²) in [5.74, 6) is 0.803. The van der Waals surface area contributed by atoms with Gasteiger partial charge in [-0.1, -0.05) is 18.2 Å². The van der Waals surface area contributed by atoms with Gasteiger partial charge in [-0.05, 0) is 31.9 Å². The fourth-order valence-corrected chi connectivity index (χ4v) is 4.11. The van der Waals surface area contributed by atoms with Gasteiger partial charge in [-0.3, -0.25) is 9.84 Å². The van der Waals surface area contributed by atoms with Crippen LogP contribution < -0.4 is 11.1 Å². The van der Waals surface area contributed by atoms with Crippen molar-refractivity contribution >= 4 is 34.7 Å². The highest BCUT2D eigenvalue weighted by Crippen LogP contribution is 2.38. The van der Waals surface area contributed by atoms with E-state index in [1.54, 1.807) is 10.9 Å². The van der Waals surface area contributed by atoms with E-state index in [4.69, 9.17) is 17.3 Å². The monoisotopic (exact) mass is 425 g/mol. The zero-order valence-corrected chi connectivity index (χ0v) is 18.2. The second kappa shape index (κ2) is 7.50. The van der Waals surface area contributed by atoms with E-state index < -0.39 is 0 Å². The summed E-state index contributed by atoms with van der Waals surface area (Å²) in [6, 6.07) is 6.43. The number of aryl methyl sites for hydroxylation is 1. The summed E-state index contributed by atoms with van der Waals surface area (Å²) in [6.07, 6.45) is 5.81. The standard InChI is InChI=1S/C23H23N9/c1-13(2)32-10-18(16-7-5-6-15-8-26-9-17(15)16)20-21(24)28-23(29-22(20)32)27-19-11-31(12-25-4)30-14(19)3/h5-7,9-11,13H,8,12H2,1-3H3,(H3,24,27,28,29). The number of nitrogens with two attached hydrogens (primary N) is 1. The lowest BCUT2D eigenvalue weighted by Gasteiger charge is -2.10. The molecule has 0 radical (unpaired) electrons. The summed E-state index contributed by atoms with van der Waals surface area (Å²) in [4.78, 5) is 17.2. The van der Waals surface area contributed by atoms with Crippen molar-refractivity contribution in [1.82, 2.24) is 24.3 Å². The molecule has 0 bridgehead atoms. The Morgan fingerprint density at radius 3 is 2.84 bits per heavy atom. The Bertz CT molecular complexity index is 1420. The molecule has 0 saturated heterocycles. The molecular formula is C23H23N9. The average Bonchev–Trinajstić information content (AvgIpc) is 3.45. The molecule has 0 unspecified atom stereocenters. The van der Waals surface area contributed by atoms with Crippen LogP contribution in [0.1, 0.15) is 36.7 Å². The first-order valence-electron chi connectivity index (χ1n) is 10.4. The fraction of sp³-hybridized carbons (Fsp3) is 0.261. The predicted octanol–water partition coefficient (Wildman–Crippen LogP) is 4.32. The van der Waals surface area contributed by atoms with E-state index in [0.29, 0.717) is 18.3 Å². The number of aliphatic imine (C=N–C) groups is 1. The molecule has 1 aliphatic heterocycles. The molecule has 0 spiro atoms. The third kappa shape index (κ3) is 3.17. The van der Waals surface area contributed by atoms with Crippen molar-refractivity contribution in [1.29, 1.82) is 0 Å². The van der Waals surface area contributed by atoms with E-state index >= 15 is 0 Å². The zero-order valence-electron chi connectivity index (χ0n) is 18.2. The third-order valence-electron chi connectivity index (χ3n) is 5.63. The Morgan fingerprint density at radius 2 is 2.06 bits per heavy atom. The van der Waals surface area contributed by atoms with Gasteiger partial charge in [0, 0.05) is 29.6 Å². The van der Waals surface area contributed by atoms with Crippen LogP contribution in [0.15, 0.2) is 35.6 Å². The van der Waals surface area contributed by atoms with E-state index in [1.807, 2.05) is 13.1 Å². The normalized spacial score (nSPS) is 12.5. The summed E-state index contributed by atoms with van der Waals surface area (Å²) in [6.45, 7) is 14.0. The molecule has 3 N–H and O–H groups in total. The van der Waals surface area contributed by atoms with Crippen LogP contribution in [0.5, 0.6) is 0 Å². The number of nitrogen functional groups attached to an aromatic ring is 1. The van der Waals surface area contributed by atoms with E-state index in [2.05, 4.69) is 68.0 Å². The van der Waals surface area contributed by atoms with E-state index in [-0.39, 0.29) is 12.7 Å². The zero-order chi connectivity index (χ0) is 22.4. The minimum absolute atomic E-state index is 0.162. The van der Waals surface area contributed by atoms with Crippen LogP contribution in [-0.4, -0.2) is 30.5 Å². The van der Waals surface area contributed by atoms with Crippen molar-refractivity contribution in [2.75, 3.05) is 11.1 Å². The Morgan fingerprint density at radius 1 is 1.22 bits per heavy atom. The number of rotatable bonds is 5. The SMILES string of the molecule is [C-]#[N+]Cn1cc(Nc2nc(N)c3c(-c4cccc5c4C=NC5)cn(C(C)C)c3n2)c(C)n1. The quantitative estimate of drug-likeness (QED) is 0.464. The summed E-state index contributed by atoms with van der Waals surface area (Å²) >= 11 is 0. The van der Waals surface area contributed by atoms with Gasteiger partial charge in [0.1, 0.15) is 11.5 Å². The minimum atomic E-state index is 0.162. The van der Waals surface area contributed by atoms with Gasteiger partial charge in [0.25, 0.3) is 0 Å². The first kappa shape index (κ1) is 19.8. The highest BCUT2D eigenvalue weighted by atomic mass is 15.3. The molecule has 0 saturated carbocycles. The maximum Gasteiger partial charge on any atom is 0.307 e. The highest BCUT2D eigenvalue weighted by Gasteiger charge is 2.22. The summed E-state index contributed by atoms with van der Waals surface area (Å²) in [7, 11) is 0. The van der Waals surface area contributed by atoms with Gasteiger partial charge in [-0.25, -0.2) is 6.57 Å². The maximum atomic E-state index is 7.03. The number of hydrogen-bond donors (Lipinski definition) is 2. The van der Waals surface area contributed by atoms with Crippen molar-refractivity contribution in [2.45, 2.75) is 40.0 Å². The lowest BCUT2D eigenvalue weighted by Crippen LogP contribution is -2.05. The van der Waals surface area contributed by atoms with Gasteiger partial charge < -0.3 is 15.6 Å². The molecule has 3 aromatic heterocycles. The molecule has 9 heteroatoms. The van der Waals surface area contributed by atoms with Gasteiger partial charge in [-0.15, -0.1) is 0 Å². The number of nitrogens with one attached hydrogen (secondary N) is 1. The highest BCUT2D eigenvalue weighted by molar-refractivity contribution is 6.06. The van der Waals surface area contributed by atoms with Gasteiger partial charge in [0.15, 0.2) is 0 Å². The van der Waals surface area contributed by atoms with Crippen LogP contribution >= 0.6 is 0 Å². The molecule has 160 valence electrons. The average molecular weight is 426 g/mol. The Kier molecular flexibility index (Phi) is 4.63. The second-order valence-corrected chi connectivity index (χ2v) is 8.12. The van der Waals surface area contributed by atoms with Crippen molar-refractivity contribution in [3.05, 3.63) is 58.8 Å². The summed E-state index contributed by atoms with van der Waals surface area (Å²) < 4.78 is 3.70. The Balaban J connectivity index is 1.65. The van der Waals surface area contributed by atoms with Crippen LogP contribution in [0.3, 0.4) is 0 Å². The number of benzene rings is 1. The molecule has 0 atom stereocenters. The number of anilines is 3. The molecule has 0 aliphatic carbocycles. The van der Waals surface area contributed by atoms with Crippen molar-refractivity contribution in [3.8, 4) is 11.1 Å². The first-order valence-corrected chi connectivity index (χ1v) is 10.4. The van der Waals surface area contributed by atoms with E-state index in [0.717, 1.165) is 39.1 Å². The van der Waals surface area contributed by atoms with Crippen molar-refractivity contribution in [2.24, 2.45) is 4.99 Å². The van der Waals surface area contributed by atoms with Crippen LogP contribution in [0.2, 0.25) is 0 Å². The lowest BCUT2D eigenvalue weighted by atomic mass is 9.97. The van der Waals surface area contributed by atoms with Gasteiger partial charge in [0.05, 0.1) is 29.5 Å². The molecule has 4 aromatic rings. The molecule has 32 heavy (non-hydrogen) atoms. The maximum absolute atomic E-state index is 7.03. The first-order chi connectivity index (χ1) is 15.5. The molecule has 1 aliphatic rings. The smallest absolute Gasteiger partial charge is 0.307 e. The lowest BCUT2D eigenvalue weighted by molar-refractivity contribution is 0.618. The number of fused-ring (bicyclic) bond motifs is 2. The number of aromatic nitrogens is 5. The second-order valence-electron chi connectivity index (χ2n) is 8.12. The third-order valence-corrected chi connectivity index (χ3v) is 5.63. The molecule has 4 heterocycles. The summed E-state index contributed by atoms with van der Waals surface area (Å²) in [5, 5.41) is 8.39. The van der Waals surface area contributed by atoms with Crippen molar-refractivity contribution < 1.29 is 0 Å². The molecule has 5 rings (SSSR count). The molecular weight excluding hydrogens is 402 g/mol. The van der Waals surface area contributed by atoms with Gasteiger partial charge in [0.2, 0.25) is 5.95 Å². The van der Waals surface area contributed by atoms with E-state index in [9.17, 15) is 0 Å². The van der Waals surface area contributed by atoms with Crippen molar-refractivity contribution in [3.63, 3.8) is 0 Å². The van der Waals surface area contributed by atoms with Crippen LogP contribution in [0, 0.1) is 13.5 Å². The largest absolute Gasteiger partial charge is 0.383 e. The Labute approximate surface area is 185 Å². The van der Waals surface area contributed by atoms with E-state index in [1.165, 1.54) is 5.56 Å². The fourth-order valence-electron chi connectivity index (χ4n) is 4.11. The van der Waals surface area contributed by atoms with Crippen LogP contribution in [0.25, 0.3) is 27.0 Å². The predicted molar refractivity (Wildman–Crippen MR) is 126 cm³/mol. The van der Waals surface area contributed by atoms with Gasteiger partial charge >= 0.3 is 6.67 Å². The molecule has 1 aromatic carbocycles.